The standard InChI is InChI=1S/C14H25N3OS/c1-10(2)8-15-9-13-16-17-14(19-13)18-12-7-5-4-6-11(12)3/h10-12,15H,4-9H2,1-3H3. The summed E-state index contributed by atoms with van der Waals surface area (Å²) in [5.41, 5.74) is 0. The largest absolute Gasteiger partial charge is 0.465 e. The van der Waals surface area contributed by atoms with E-state index in [9.17, 15) is 0 Å². The van der Waals surface area contributed by atoms with Crippen LogP contribution in [0.4, 0.5) is 0 Å². The fourth-order valence-electron chi connectivity index (χ4n) is 2.41. The first-order chi connectivity index (χ1) is 9.15. The number of hydrogen-bond acceptors (Lipinski definition) is 5. The normalized spacial score (nSPS) is 23.8. The molecule has 1 N–H and O–H groups in total. The number of nitrogens with zero attached hydrogens (tertiary/aromatic N) is 2. The van der Waals surface area contributed by atoms with E-state index in [-0.39, 0.29) is 0 Å². The molecule has 1 heterocycles. The Bertz CT molecular complexity index is 381. The lowest BCUT2D eigenvalue weighted by Gasteiger charge is -2.27. The minimum Gasteiger partial charge on any atom is -0.465 e. The van der Waals surface area contributed by atoms with Crippen LogP contribution in [-0.4, -0.2) is 22.8 Å². The molecule has 0 saturated heterocycles. The third-order valence-corrected chi connectivity index (χ3v) is 4.38. The van der Waals surface area contributed by atoms with Crippen molar-refractivity contribution < 1.29 is 4.74 Å². The van der Waals surface area contributed by atoms with Crippen LogP contribution < -0.4 is 10.1 Å². The number of hydrogen-bond donors (Lipinski definition) is 1. The molecule has 5 heteroatoms. The maximum Gasteiger partial charge on any atom is 0.294 e. The minimum atomic E-state index is 0.332. The summed E-state index contributed by atoms with van der Waals surface area (Å²) >= 11 is 1.57. The third kappa shape index (κ3) is 4.73. The number of aromatic nitrogens is 2. The molecule has 0 spiro atoms. The van der Waals surface area contributed by atoms with Crippen molar-refractivity contribution >= 4 is 11.3 Å². The van der Waals surface area contributed by atoms with E-state index in [1.165, 1.54) is 19.3 Å². The topological polar surface area (TPSA) is 47.0 Å². The van der Waals surface area contributed by atoms with Gasteiger partial charge in [-0.1, -0.05) is 43.6 Å². The molecule has 2 unspecified atom stereocenters. The van der Waals surface area contributed by atoms with E-state index < -0.39 is 0 Å². The van der Waals surface area contributed by atoms with Gasteiger partial charge in [0.1, 0.15) is 11.1 Å². The van der Waals surface area contributed by atoms with Crippen molar-refractivity contribution in [1.29, 1.82) is 0 Å². The summed E-state index contributed by atoms with van der Waals surface area (Å²) in [6, 6.07) is 0. The van der Waals surface area contributed by atoms with Crippen molar-refractivity contribution in [2.75, 3.05) is 6.54 Å². The Kier molecular flexibility index (Phi) is 5.58. The van der Waals surface area contributed by atoms with Gasteiger partial charge in [0.05, 0.1) is 0 Å². The van der Waals surface area contributed by atoms with Crippen molar-refractivity contribution in [3.05, 3.63) is 5.01 Å². The molecular weight excluding hydrogens is 258 g/mol. The first-order valence-corrected chi connectivity index (χ1v) is 8.16. The Labute approximate surface area is 120 Å². The zero-order valence-electron chi connectivity index (χ0n) is 12.2. The highest BCUT2D eigenvalue weighted by Crippen LogP contribution is 2.29. The van der Waals surface area contributed by atoms with Crippen LogP contribution in [0.5, 0.6) is 5.19 Å². The van der Waals surface area contributed by atoms with Gasteiger partial charge in [0.25, 0.3) is 5.19 Å². The van der Waals surface area contributed by atoms with Crippen LogP contribution in [0.3, 0.4) is 0 Å². The first kappa shape index (κ1) is 14.7. The molecule has 0 aromatic carbocycles. The second-order valence-corrected chi connectivity index (χ2v) is 6.93. The molecule has 0 aliphatic heterocycles. The Morgan fingerprint density at radius 3 is 2.84 bits per heavy atom. The molecule has 108 valence electrons. The molecule has 1 aromatic heterocycles. The van der Waals surface area contributed by atoms with E-state index in [4.69, 9.17) is 4.74 Å². The van der Waals surface area contributed by atoms with Crippen LogP contribution >= 0.6 is 11.3 Å². The molecular formula is C14H25N3OS. The molecule has 1 fully saturated rings. The number of rotatable bonds is 6. The van der Waals surface area contributed by atoms with Crippen molar-refractivity contribution in [2.45, 2.75) is 59.1 Å². The smallest absolute Gasteiger partial charge is 0.294 e. The summed E-state index contributed by atoms with van der Waals surface area (Å²) < 4.78 is 5.99. The molecule has 0 radical (unpaired) electrons. The SMILES string of the molecule is CC(C)CNCc1nnc(OC2CCCCC2C)s1. The summed E-state index contributed by atoms with van der Waals surface area (Å²) in [6.45, 7) is 8.48. The lowest BCUT2D eigenvalue weighted by molar-refractivity contribution is 0.101. The average Bonchev–Trinajstić information content (AvgIpc) is 2.79. The highest BCUT2D eigenvalue weighted by molar-refractivity contribution is 7.13. The Morgan fingerprint density at radius 1 is 1.32 bits per heavy atom. The van der Waals surface area contributed by atoms with Gasteiger partial charge in [0.2, 0.25) is 0 Å². The van der Waals surface area contributed by atoms with Gasteiger partial charge < -0.3 is 10.1 Å². The quantitative estimate of drug-likeness (QED) is 0.870. The van der Waals surface area contributed by atoms with Crippen molar-refractivity contribution in [1.82, 2.24) is 15.5 Å². The molecule has 1 saturated carbocycles. The zero-order chi connectivity index (χ0) is 13.7. The summed E-state index contributed by atoms with van der Waals surface area (Å²) in [5, 5.41) is 13.5. The summed E-state index contributed by atoms with van der Waals surface area (Å²) in [4.78, 5) is 0. The van der Waals surface area contributed by atoms with Gasteiger partial charge in [-0.2, -0.15) is 0 Å². The molecule has 2 atom stereocenters. The van der Waals surface area contributed by atoms with Crippen molar-refractivity contribution in [2.24, 2.45) is 11.8 Å². The van der Waals surface area contributed by atoms with E-state index in [0.29, 0.717) is 17.9 Å². The minimum absolute atomic E-state index is 0.332. The summed E-state index contributed by atoms with van der Waals surface area (Å²) in [6.07, 6.45) is 5.37. The summed E-state index contributed by atoms with van der Waals surface area (Å²) in [7, 11) is 0. The predicted molar refractivity (Wildman–Crippen MR) is 78.5 cm³/mol. The lowest BCUT2D eigenvalue weighted by Crippen LogP contribution is -2.28. The van der Waals surface area contributed by atoms with Crippen LogP contribution in [0.1, 0.15) is 51.5 Å². The van der Waals surface area contributed by atoms with Crippen LogP contribution in [0, 0.1) is 11.8 Å². The average molecular weight is 283 g/mol. The van der Waals surface area contributed by atoms with Crippen molar-refractivity contribution in [3.8, 4) is 5.19 Å². The second-order valence-electron chi connectivity index (χ2n) is 5.90. The molecule has 19 heavy (non-hydrogen) atoms. The highest BCUT2D eigenvalue weighted by Gasteiger charge is 2.24. The Morgan fingerprint density at radius 2 is 2.11 bits per heavy atom. The van der Waals surface area contributed by atoms with Gasteiger partial charge in [-0.3, -0.25) is 0 Å². The van der Waals surface area contributed by atoms with Crippen LogP contribution in [0.25, 0.3) is 0 Å². The van der Waals surface area contributed by atoms with E-state index in [2.05, 4.69) is 36.3 Å². The zero-order valence-corrected chi connectivity index (χ0v) is 13.0. The fraction of sp³-hybridized carbons (Fsp3) is 0.857. The van der Waals surface area contributed by atoms with E-state index in [1.807, 2.05) is 0 Å². The molecule has 4 nitrogen and oxygen atoms in total. The Hall–Kier alpha value is -0.680. The Balaban J connectivity index is 1.79. The van der Waals surface area contributed by atoms with Gasteiger partial charge in [0.15, 0.2) is 0 Å². The third-order valence-electron chi connectivity index (χ3n) is 3.56. The van der Waals surface area contributed by atoms with Crippen LogP contribution in [0.2, 0.25) is 0 Å². The molecule has 1 aromatic rings. The molecule has 0 amide bonds. The fourth-order valence-corrected chi connectivity index (χ4v) is 3.12. The van der Waals surface area contributed by atoms with Crippen LogP contribution in [0.15, 0.2) is 0 Å². The maximum absolute atomic E-state index is 5.99. The van der Waals surface area contributed by atoms with E-state index in [0.717, 1.165) is 29.7 Å². The molecule has 2 rings (SSSR count). The first-order valence-electron chi connectivity index (χ1n) is 7.35. The summed E-state index contributed by atoms with van der Waals surface area (Å²) in [5.74, 6) is 1.30. The number of ether oxygens (including phenoxy) is 1. The molecule has 1 aliphatic carbocycles. The van der Waals surface area contributed by atoms with Gasteiger partial charge in [-0.05, 0) is 37.6 Å². The van der Waals surface area contributed by atoms with Crippen molar-refractivity contribution in [3.63, 3.8) is 0 Å². The van der Waals surface area contributed by atoms with E-state index in [1.54, 1.807) is 11.3 Å². The van der Waals surface area contributed by atoms with Crippen LogP contribution in [-0.2, 0) is 6.54 Å². The van der Waals surface area contributed by atoms with Gasteiger partial charge >= 0.3 is 0 Å². The monoisotopic (exact) mass is 283 g/mol. The second kappa shape index (κ2) is 7.20. The van der Waals surface area contributed by atoms with E-state index >= 15 is 0 Å². The lowest BCUT2D eigenvalue weighted by atomic mass is 9.88. The molecule has 1 aliphatic rings. The predicted octanol–water partition coefficient (Wildman–Crippen LogP) is 3.24. The maximum atomic E-state index is 5.99. The van der Waals surface area contributed by atoms with Gasteiger partial charge in [-0.15, -0.1) is 5.10 Å². The van der Waals surface area contributed by atoms with Gasteiger partial charge in [0, 0.05) is 6.54 Å². The number of nitrogens with one attached hydrogen (secondary N) is 1. The van der Waals surface area contributed by atoms with Gasteiger partial charge in [-0.25, -0.2) is 0 Å². The molecule has 0 bridgehead atoms. The highest BCUT2D eigenvalue weighted by atomic mass is 32.1.